The van der Waals surface area contributed by atoms with Gasteiger partial charge in [-0.05, 0) is 74.9 Å². The molecule has 0 spiro atoms. The number of ether oxygens (including phenoxy) is 2. The number of carbonyl (C=O) groups is 1. The first-order valence-electron chi connectivity index (χ1n) is 10.8. The van der Waals surface area contributed by atoms with E-state index in [1.165, 1.54) is 9.79 Å². The SMILES string of the molecule is Cc1ccc(C(C)(C)OC(=O)Oc2ccc([S+](c3ccccc3)c3ccccc3)cc2)cc1. The second-order valence-electron chi connectivity index (χ2n) is 8.23. The highest BCUT2D eigenvalue weighted by atomic mass is 32.2. The van der Waals surface area contributed by atoms with Crippen LogP contribution in [0.4, 0.5) is 4.79 Å². The Morgan fingerprint density at radius 3 is 1.67 bits per heavy atom. The van der Waals surface area contributed by atoms with Crippen LogP contribution in [0.3, 0.4) is 0 Å². The maximum Gasteiger partial charge on any atom is 0.514 e. The van der Waals surface area contributed by atoms with Gasteiger partial charge in [-0.1, -0.05) is 66.2 Å². The summed E-state index contributed by atoms with van der Waals surface area (Å²) in [4.78, 5) is 16.1. The second-order valence-corrected chi connectivity index (χ2v) is 10.3. The molecule has 0 radical (unpaired) electrons. The third-order valence-corrected chi connectivity index (χ3v) is 7.53. The van der Waals surface area contributed by atoms with Crippen LogP contribution in [0.25, 0.3) is 0 Å². The number of rotatable bonds is 6. The lowest BCUT2D eigenvalue weighted by Crippen LogP contribution is -2.27. The minimum absolute atomic E-state index is 0.250. The summed E-state index contributed by atoms with van der Waals surface area (Å²) in [6, 6.07) is 36.4. The van der Waals surface area contributed by atoms with Gasteiger partial charge in [0.2, 0.25) is 0 Å². The summed E-state index contributed by atoms with van der Waals surface area (Å²) in [5.74, 6) is 0.452. The quantitative estimate of drug-likeness (QED) is 0.171. The number of hydrogen-bond donors (Lipinski definition) is 0. The first-order chi connectivity index (χ1) is 15.9. The van der Waals surface area contributed by atoms with Crippen molar-refractivity contribution < 1.29 is 14.3 Å². The molecule has 3 nitrogen and oxygen atoms in total. The summed E-state index contributed by atoms with van der Waals surface area (Å²) in [5, 5.41) is 0. The zero-order valence-electron chi connectivity index (χ0n) is 19.0. The van der Waals surface area contributed by atoms with Crippen LogP contribution in [0.15, 0.2) is 124 Å². The predicted octanol–water partition coefficient (Wildman–Crippen LogP) is 7.54. The molecule has 166 valence electrons. The lowest BCUT2D eigenvalue weighted by Gasteiger charge is -2.25. The van der Waals surface area contributed by atoms with Crippen molar-refractivity contribution in [3.05, 3.63) is 120 Å². The molecule has 4 aromatic carbocycles. The Labute approximate surface area is 198 Å². The summed E-state index contributed by atoms with van der Waals surface area (Å²) in [6.45, 7) is 5.73. The van der Waals surface area contributed by atoms with Gasteiger partial charge in [-0.15, -0.1) is 0 Å². The zero-order chi connectivity index (χ0) is 23.3. The third kappa shape index (κ3) is 5.65. The van der Waals surface area contributed by atoms with Crippen LogP contribution in [-0.4, -0.2) is 6.16 Å². The van der Waals surface area contributed by atoms with E-state index in [1.807, 2.05) is 81.4 Å². The van der Waals surface area contributed by atoms with Gasteiger partial charge < -0.3 is 9.47 Å². The van der Waals surface area contributed by atoms with Gasteiger partial charge in [-0.2, -0.15) is 0 Å². The first-order valence-corrected chi connectivity index (χ1v) is 12.1. The van der Waals surface area contributed by atoms with Crippen LogP contribution in [0, 0.1) is 6.92 Å². The third-order valence-electron chi connectivity index (χ3n) is 5.30. The predicted molar refractivity (Wildman–Crippen MR) is 133 cm³/mol. The fourth-order valence-electron chi connectivity index (χ4n) is 3.50. The van der Waals surface area contributed by atoms with Crippen LogP contribution in [-0.2, 0) is 21.2 Å². The Kier molecular flexibility index (Phi) is 6.85. The smallest absolute Gasteiger partial charge is 0.423 e. The Hall–Kier alpha value is -3.50. The zero-order valence-corrected chi connectivity index (χ0v) is 19.8. The van der Waals surface area contributed by atoms with Crippen molar-refractivity contribution in [1.29, 1.82) is 0 Å². The van der Waals surface area contributed by atoms with Crippen LogP contribution in [0.5, 0.6) is 5.75 Å². The highest BCUT2D eigenvalue weighted by molar-refractivity contribution is 7.97. The molecule has 4 rings (SSSR count). The van der Waals surface area contributed by atoms with Crippen molar-refractivity contribution in [2.75, 3.05) is 0 Å². The molecule has 0 aliphatic rings. The topological polar surface area (TPSA) is 35.5 Å². The fourth-order valence-corrected chi connectivity index (χ4v) is 5.59. The number of hydrogen-bond acceptors (Lipinski definition) is 3. The van der Waals surface area contributed by atoms with Gasteiger partial charge >= 0.3 is 6.16 Å². The first kappa shape index (κ1) is 22.7. The summed E-state index contributed by atoms with van der Waals surface area (Å²) < 4.78 is 11.1. The van der Waals surface area contributed by atoms with Crippen LogP contribution in [0.2, 0.25) is 0 Å². The molecule has 4 aromatic rings. The van der Waals surface area contributed by atoms with Crippen molar-refractivity contribution in [3.8, 4) is 5.75 Å². The van der Waals surface area contributed by atoms with Gasteiger partial charge in [0, 0.05) is 0 Å². The van der Waals surface area contributed by atoms with E-state index >= 15 is 0 Å². The summed E-state index contributed by atoms with van der Waals surface area (Å²) in [6.07, 6.45) is -0.724. The minimum atomic E-state index is -0.794. The summed E-state index contributed by atoms with van der Waals surface area (Å²) >= 11 is 0. The fraction of sp³-hybridized carbons (Fsp3) is 0.138. The monoisotopic (exact) mass is 455 g/mol. The Morgan fingerprint density at radius 2 is 1.15 bits per heavy atom. The molecule has 0 aliphatic carbocycles. The van der Waals surface area contributed by atoms with Crippen molar-refractivity contribution in [1.82, 2.24) is 0 Å². The maximum atomic E-state index is 12.5. The van der Waals surface area contributed by atoms with Gasteiger partial charge in [-0.3, -0.25) is 0 Å². The van der Waals surface area contributed by atoms with Crippen molar-refractivity contribution in [3.63, 3.8) is 0 Å². The van der Waals surface area contributed by atoms with Gasteiger partial charge in [0.05, 0.1) is 10.9 Å². The molecule has 0 bridgehead atoms. The molecule has 0 fully saturated rings. The standard InChI is InChI=1S/C29H27O3S/c1-22-14-16-23(17-15-22)29(2,3)32-28(30)31-24-18-20-27(21-19-24)33(25-10-6-4-7-11-25)26-12-8-5-9-13-26/h4-21H,1-3H3/q+1. The summed E-state index contributed by atoms with van der Waals surface area (Å²) in [5.41, 5.74) is 1.27. The van der Waals surface area contributed by atoms with E-state index in [0.29, 0.717) is 5.75 Å². The van der Waals surface area contributed by atoms with Crippen LogP contribution in [0.1, 0.15) is 25.0 Å². The lowest BCUT2D eigenvalue weighted by atomic mass is 9.97. The molecule has 0 heterocycles. The average molecular weight is 456 g/mol. The maximum absolute atomic E-state index is 12.5. The van der Waals surface area contributed by atoms with Crippen molar-refractivity contribution in [2.45, 2.75) is 41.1 Å². The van der Waals surface area contributed by atoms with E-state index < -0.39 is 11.8 Å². The van der Waals surface area contributed by atoms with Crippen molar-refractivity contribution in [2.24, 2.45) is 0 Å². The van der Waals surface area contributed by atoms with Gasteiger partial charge in [-0.25, -0.2) is 4.79 Å². The molecule has 0 N–H and O–H groups in total. The molecule has 0 atom stereocenters. The van der Waals surface area contributed by atoms with E-state index in [-0.39, 0.29) is 10.9 Å². The molecule has 4 heteroatoms. The van der Waals surface area contributed by atoms with Gasteiger partial charge in [0.1, 0.15) is 11.4 Å². The highest BCUT2D eigenvalue weighted by Crippen LogP contribution is 2.32. The number of carbonyl (C=O) groups excluding carboxylic acids is 1. The molecule has 0 saturated carbocycles. The van der Waals surface area contributed by atoms with Gasteiger partial charge in [0.25, 0.3) is 0 Å². The number of benzene rings is 4. The lowest BCUT2D eigenvalue weighted by molar-refractivity contribution is 0.00636. The number of aryl methyl sites for hydroxylation is 1. The average Bonchev–Trinajstić information content (AvgIpc) is 2.82. The Balaban J connectivity index is 1.50. The minimum Gasteiger partial charge on any atom is -0.423 e. The second kappa shape index (κ2) is 9.97. The molecule has 0 unspecified atom stereocenters. The molecule has 0 saturated heterocycles. The van der Waals surface area contributed by atoms with E-state index in [9.17, 15) is 4.79 Å². The normalized spacial score (nSPS) is 11.3. The Bertz CT molecular complexity index is 1150. The molecule has 0 aromatic heterocycles. The highest BCUT2D eigenvalue weighted by Gasteiger charge is 2.29. The Morgan fingerprint density at radius 1 is 0.667 bits per heavy atom. The van der Waals surface area contributed by atoms with E-state index in [0.717, 1.165) is 16.0 Å². The van der Waals surface area contributed by atoms with Gasteiger partial charge in [0.15, 0.2) is 14.7 Å². The van der Waals surface area contributed by atoms with Crippen LogP contribution < -0.4 is 4.74 Å². The summed E-state index contributed by atoms with van der Waals surface area (Å²) in [7, 11) is -0.250. The molecular formula is C29H27O3S+. The van der Waals surface area contributed by atoms with Crippen LogP contribution >= 0.6 is 0 Å². The molecule has 33 heavy (non-hydrogen) atoms. The molecule has 0 amide bonds. The molecule has 0 aliphatic heterocycles. The largest absolute Gasteiger partial charge is 0.514 e. The van der Waals surface area contributed by atoms with Crippen molar-refractivity contribution >= 4 is 17.1 Å². The van der Waals surface area contributed by atoms with E-state index in [1.54, 1.807) is 0 Å². The molecular weight excluding hydrogens is 428 g/mol. The van der Waals surface area contributed by atoms with E-state index in [4.69, 9.17) is 9.47 Å². The van der Waals surface area contributed by atoms with E-state index in [2.05, 4.69) is 48.5 Å².